The van der Waals surface area contributed by atoms with Gasteiger partial charge in [0.2, 0.25) is 0 Å². The van der Waals surface area contributed by atoms with Crippen LogP contribution in [0.5, 0.6) is 0 Å². The van der Waals surface area contributed by atoms with Crippen LogP contribution in [0.3, 0.4) is 0 Å². The molecule has 0 aromatic heterocycles. The SMILES string of the molecule is Cc1cc(Br)c(C(Cl)C(F)F)cc1Br. The number of hydrogen-bond donors (Lipinski definition) is 0. The van der Waals surface area contributed by atoms with Crippen molar-refractivity contribution in [3.8, 4) is 0 Å². The second-order valence-corrected chi connectivity index (χ2v) is 5.04. The molecule has 1 rings (SSSR count). The lowest BCUT2D eigenvalue weighted by Crippen LogP contribution is -2.03. The van der Waals surface area contributed by atoms with Crippen LogP contribution in [0.4, 0.5) is 8.78 Å². The first-order valence-corrected chi connectivity index (χ1v) is 5.83. The first-order valence-electron chi connectivity index (χ1n) is 3.81. The molecule has 0 radical (unpaired) electrons. The molecular formula is C9H7Br2ClF2. The van der Waals surface area contributed by atoms with Gasteiger partial charge in [-0.25, -0.2) is 8.78 Å². The van der Waals surface area contributed by atoms with Crippen LogP contribution in [0.15, 0.2) is 21.1 Å². The van der Waals surface area contributed by atoms with Crippen LogP contribution in [0.25, 0.3) is 0 Å². The minimum atomic E-state index is -2.57. The molecule has 0 aliphatic heterocycles. The van der Waals surface area contributed by atoms with E-state index in [1.54, 1.807) is 12.1 Å². The summed E-state index contributed by atoms with van der Waals surface area (Å²) in [6.07, 6.45) is -2.57. The van der Waals surface area contributed by atoms with Crippen molar-refractivity contribution in [1.82, 2.24) is 0 Å². The molecule has 0 amide bonds. The number of halogens is 5. The van der Waals surface area contributed by atoms with E-state index in [-0.39, 0.29) is 0 Å². The summed E-state index contributed by atoms with van der Waals surface area (Å²) in [6.45, 7) is 1.88. The summed E-state index contributed by atoms with van der Waals surface area (Å²) in [7, 11) is 0. The van der Waals surface area contributed by atoms with Gasteiger partial charge in [-0.1, -0.05) is 31.9 Å². The standard InChI is InChI=1S/C9H7Br2ClF2/c1-4-2-7(11)5(3-6(4)10)8(12)9(13)14/h2-3,8-9H,1H3. The first-order chi connectivity index (χ1) is 6.43. The van der Waals surface area contributed by atoms with Crippen LogP contribution in [0.1, 0.15) is 16.5 Å². The van der Waals surface area contributed by atoms with E-state index in [1.807, 2.05) is 6.92 Å². The molecule has 5 heteroatoms. The van der Waals surface area contributed by atoms with E-state index in [4.69, 9.17) is 11.6 Å². The minimum Gasteiger partial charge on any atom is -0.208 e. The fourth-order valence-corrected chi connectivity index (χ4v) is 2.39. The topological polar surface area (TPSA) is 0 Å². The van der Waals surface area contributed by atoms with Crippen molar-refractivity contribution >= 4 is 43.5 Å². The molecule has 0 aliphatic carbocycles. The van der Waals surface area contributed by atoms with Gasteiger partial charge in [-0.2, -0.15) is 0 Å². The summed E-state index contributed by atoms with van der Waals surface area (Å²) in [5.74, 6) is 0. The molecule has 1 unspecified atom stereocenters. The highest BCUT2D eigenvalue weighted by Crippen LogP contribution is 2.35. The first kappa shape index (κ1) is 12.4. The molecule has 0 spiro atoms. The minimum absolute atomic E-state index is 0.402. The molecule has 0 saturated heterocycles. The Kier molecular flexibility index (Phi) is 4.34. The molecule has 0 fully saturated rings. The zero-order valence-corrected chi connectivity index (χ0v) is 11.1. The molecule has 0 heterocycles. The van der Waals surface area contributed by atoms with E-state index >= 15 is 0 Å². The number of rotatable bonds is 2. The maximum atomic E-state index is 12.4. The Balaban J connectivity index is 3.15. The van der Waals surface area contributed by atoms with E-state index < -0.39 is 11.8 Å². The predicted octanol–water partition coefficient (Wildman–Crippen LogP) is 5.07. The maximum Gasteiger partial charge on any atom is 0.258 e. The molecule has 1 aromatic carbocycles. The molecule has 78 valence electrons. The molecule has 1 atom stereocenters. The number of hydrogen-bond acceptors (Lipinski definition) is 0. The summed E-state index contributed by atoms with van der Waals surface area (Å²) in [5.41, 5.74) is 1.37. The van der Waals surface area contributed by atoms with Gasteiger partial charge in [-0.15, -0.1) is 11.6 Å². The van der Waals surface area contributed by atoms with Crippen LogP contribution in [0.2, 0.25) is 0 Å². The second-order valence-electron chi connectivity index (χ2n) is 2.86. The van der Waals surface area contributed by atoms with Crippen LogP contribution in [-0.2, 0) is 0 Å². The largest absolute Gasteiger partial charge is 0.258 e. The molecule has 0 saturated carbocycles. The molecule has 0 aliphatic rings. The quantitative estimate of drug-likeness (QED) is 0.655. The van der Waals surface area contributed by atoms with E-state index in [2.05, 4.69) is 31.9 Å². The van der Waals surface area contributed by atoms with E-state index in [0.29, 0.717) is 10.0 Å². The van der Waals surface area contributed by atoms with Gasteiger partial charge in [0, 0.05) is 8.95 Å². The van der Waals surface area contributed by atoms with Gasteiger partial charge in [-0.3, -0.25) is 0 Å². The van der Waals surface area contributed by atoms with Gasteiger partial charge in [-0.05, 0) is 30.2 Å². The highest BCUT2D eigenvalue weighted by Gasteiger charge is 2.22. The van der Waals surface area contributed by atoms with Crippen molar-refractivity contribution in [1.29, 1.82) is 0 Å². The molecule has 0 N–H and O–H groups in total. The lowest BCUT2D eigenvalue weighted by atomic mass is 10.1. The van der Waals surface area contributed by atoms with Crippen molar-refractivity contribution < 1.29 is 8.78 Å². The average molecular weight is 348 g/mol. The third-order valence-corrected chi connectivity index (χ3v) is 3.76. The Morgan fingerprint density at radius 1 is 1.21 bits per heavy atom. The van der Waals surface area contributed by atoms with Crippen LogP contribution in [0, 0.1) is 6.92 Å². The Morgan fingerprint density at radius 2 is 1.79 bits per heavy atom. The van der Waals surface area contributed by atoms with Gasteiger partial charge in [0.25, 0.3) is 6.43 Å². The van der Waals surface area contributed by atoms with E-state index in [0.717, 1.165) is 10.0 Å². The highest BCUT2D eigenvalue weighted by molar-refractivity contribution is 9.11. The monoisotopic (exact) mass is 346 g/mol. The Morgan fingerprint density at radius 3 is 2.29 bits per heavy atom. The lowest BCUT2D eigenvalue weighted by Gasteiger charge is -2.12. The van der Waals surface area contributed by atoms with E-state index in [1.165, 1.54) is 0 Å². The summed E-state index contributed by atoms with van der Waals surface area (Å²) in [4.78, 5) is 0. The van der Waals surface area contributed by atoms with Gasteiger partial charge >= 0.3 is 0 Å². The number of aryl methyl sites for hydroxylation is 1. The molecule has 1 aromatic rings. The molecule has 0 bridgehead atoms. The third-order valence-electron chi connectivity index (χ3n) is 1.80. The summed E-state index contributed by atoms with van der Waals surface area (Å²) in [5, 5.41) is -1.28. The van der Waals surface area contributed by atoms with Gasteiger partial charge in [0.05, 0.1) is 0 Å². The Hall–Kier alpha value is 0.330. The zero-order valence-electron chi connectivity index (χ0n) is 7.20. The van der Waals surface area contributed by atoms with Crippen molar-refractivity contribution in [2.24, 2.45) is 0 Å². The lowest BCUT2D eigenvalue weighted by molar-refractivity contribution is 0.142. The Bertz CT molecular complexity index is 342. The molecule has 0 nitrogen and oxygen atoms in total. The smallest absolute Gasteiger partial charge is 0.208 e. The van der Waals surface area contributed by atoms with Crippen LogP contribution in [-0.4, -0.2) is 6.43 Å². The average Bonchev–Trinajstić information content (AvgIpc) is 2.10. The van der Waals surface area contributed by atoms with Crippen molar-refractivity contribution in [2.45, 2.75) is 18.7 Å². The predicted molar refractivity (Wildman–Crippen MR) is 61.2 cm³/mol. The fraction of sp³-hybridized carbons (Fsp3) is 0.333. The maximum absolute atomic E-state index is 12.4. The fourth-order valence-electron chi connectivity index (χ4n) is 1.01. The zero-order chi connectivity index (χ0) is 10.9. The number of alkyl halides is 3. The van der Waals surface area contributed by atoms with Gasteiger partial charge in [0.1, 0.15) is 5.38 Å². The van der Waals surface area contributed by atoms with Gasteiger partial charge < -0.3 is 0 Å². The summed E-state index contributed by atoms with van der Waals surface area (Å²) >= 11 is 12.1. The normalized spacial score (nSPS) is 13.4. The number of benzene rings is 1. The molecule has 14 heavy (non-hydrogen) atoms. The van der Waals surface area contributed by atoms with E-state index in [9.17, 15) is 8.78 Å². The second kappa shape index (κ2) is 4.90. The van der Waals surface area contributed by atoms with Crippen molar-refractivity contribution in [3.63, 3.8) is 0 Å². The van der Waals surface area contributed by atoms with Gasteiger partial charge in [0.15, 0.2) is 0 Å². The highest BCUT2D eigenvalue weighted by atomic mass is 79.9. The third kappa shape index (κ3) is 2.67. The summed E-state index contributed by atoms with van der Waals surface area (Å²) in [6, 6.07) is 3.38. The van der Waals surface area contributed by atoms with Crippen LogP contribution < -0.4 is 0 Å². The molecular weight excluding hydrogens is 341 g/mol. The van der Waals surface area contributed by atoms with Crippen molar-refractivity contribution in [3.05, 3.63) is 32.2 Å². The van der Waals surface area contributed by atoms with Crippen molar-refractivity contribution in [2.75, 3.05) is 0 Å². The Labute approximate surface area is 103 Å². The summed E-state index contributed by atoms with van der Waals surface area (Å²) < 4.78 is 26.1. The van der Waals surface area contributed by atoms with Crippen LogP contribution >= 0.6 is 43.5 Å².